The molecule has 180 valence electrons. The molecule has 1 aliphatic carbocycles. The molecule has 4 atom stereocenters. The number of hydrogen-bond donors (Lipinski definition) is 1. The van der Waals surface area contributed by atoms with Crippen molar-refractivity contribution < 1.29 is 18.0 Å². The Kier molecular flexibility index (Phi) is 5.59. The standard InChI is InChI=1S/C24H21F3N6OS/c1-23(20-8-24(20,35-22(29)32-23)21(34)33-5-4-14(25)12-33)16-6-13(2-3-17(16)26)7-18(27)19-11-30-15(9-28)10-31-19/h2-3,6-7,10-11,14,20H,4-5,8,12H2,1H3,(H2,29,32)/t14-,20-,23+,24-/m0/s1. The number of aromatic nitrogens is 2. The Bertz CT molecular complexity index is 1310. The Morgan fingerprint density at radius 1 is 1.37 bits per heavy atom. The van der Waals surface area contributed by atoms with E-state index < -0.39 is 28.1 Å². The minimum Gasteiger partial charge on any atom is -0.378 e. The van der Waals surface area contributed by atoms with Crippen molar-refractivity contribution in [2.24, 2.45) is 16.6 Å². The highest BCUT2D eigenvalue weighted by atomic mass is 32.2. The van der Waals surface area contributed by atoms with Gasteiger partial charge in [0.15, 0.2) is 16.7 Å². The number of alkyl halides is 1. The van der Waals surface area contributed by atoms with Gasteiger partial charge in [-0.2, -0.15) is 5.26 Å². The number of thioether (sulfide) groups is 1. The van der Waals surface area contributed by atoms with E-state index in [1.807, 2.05) is 6.07 Å². The van der Waals surface area contributed by atoms with Gasteiger partial charge in [0.05, 0.1) is 24.5 Å². The summed E-state index contributed by atoms with van der Waals surface area (Å²) in [5, 5.41) is 8.98. The van der Waals surface area contributed by atoms with E-state index in [0.29, 0.717) is 24.9 Å². The van der Waals surface area contributed by atoms with E-state index in [0.717, 1.165) is 24.2 Å². The van der Waals surface area contributed by atoms with Crippen LogP contribution >= 0.6 is 11.8 Å². The second-order valence-corrected chi connectivity index (χ2v) is 10.5. The molecule has 3 heterocycles. The van der Waals surface area contributed by atoms with Crippen LogP contribution in [0.5, 0.6) is 0 Å². The molecule has 0 radical (unpaired) electrons. The van der Waals surface area contributed by atoms with E-state index in [4.69, 9.17) is 11.0 Å². The predicted octanol–water partition coefficient (Wildman–Crippen LogP) is 3.56. The number of fused-ring (bicyclic) bond motifs is 1. The molecule has 1 saturated carbocycles. The van der Waals surface area contributed by atoms with Gasteiger partial charge in [-0.05, 0) is 43.5 Å². The molecule has 1 aromatic heterocycles. The highest BCUT2D eigenvalue weighted by Gasteiger charge is 2.71. The molecule has 0 unspecified atom stereocenters. The molecule has 0 bridgehead atoms. The highest BCUT2D eigenvalue weighted by molar-refractivity contribution is 8.15. The number of nitrogens with zero attached hydrogens (tertiary/aromatic N) is 5. The zero-order chi connectivity index (χ0) is 25.0. The fraction of sp³-hybridized carbons (Fsp3) is 0.375. The molecule has 11 heteroatoms. The molecule has 1 amide bonds. The van der Waals surface area contributed by atoms with E-state index in [1.54, 1.807) is 6.92 Å². The molecule has 35 heavy (non-hydrogen) atoms. The average Bonchev–Trinajstić information content (AvgIpc) is 3.44. The van der Waals surface area contributed by atoms with E-state index in [-0.39, 0.29) is 40.5 Å². The molecule has 2 fully saturated rings. The summed E-state index contributed by atoms with van der Waals surface area (Å²) >= 11 is 1.16. The van der Waals surface area contributed by atoms with Gasteiger partial charge in [-0.15, -0.1) is 0 Å². The van der Waals surface area contributed by atoms with Crippen LogP contribution in [0.2, 0.25) is 0 Å². The number of benzene rings is 1. The number of nitriles is 1. The van der Waals surface area contributed by atoms with Crippen molar-refractivity contribution in [2.45, 2.75) is 36.2 Å². The number of carbonyl (C=O) groups excluding carboxylic acids is 1. The number of halogens is 3. The zero-order valence-corrected chi connectivity index (χ0v) is 19.5. The van der Waals surface area contributed by atoms with Crippen LogP contribution in [0.4, 0.5) is 13.2 Å². The van der Waals surface area contributed by atoms with Crippen LogP contribution in [0, 0.1) is 23.1 Å². The minimum atomic E-state index is -1.15. The van der Waals surface area contributed by atoms with Gasteiger partial charge in [0.2, 0.25) is 5.91 Å². The molecule has 7 nitrogen and oxygen atoms in total. The fourth-order valence-electron chi connectivity index (χ4n) is 4.97. The molecule has 0 spiro atoms. The van der Waals surface area contributed by atoms with Gasteiger partial charge in [-0.3, -0.25) is 9.79 Å². The largest absolute Gasteiger partial charge is 0.378 e. The first-order chi connectivity index (χ1) is 16.7. The number of rotatable bonds is 4. The summed E-state index contributed by atoms with van der Waals surface area (Å²) in [4.78, 5) is 27.1. The van der Waals surface area contributed by atoms with E-state index in [1.165, 1.54) is 29.2 Å². The normalized spacial score (nSPS) is 29.9. The Labute approximate surface area is 203 Å². The van der Waals surface area contributed by atoms with Crippen LogP contribution in [0.3, 0.4) is 0 Å². The Morgan fingerprint density at radius 3 is 2.83 bits per heavy atom. The first-order valence-corrected chi connectivity index (χ1v) is 11.9. The molecular weight excluding hydrogens is 477 g/mol. The summed E-state index contributed by atoms with van der Waals surface area (Å²) in [6, 6.07) is 5.94. The quantitative estimate of drug-likeness (QED) is 0.691. The summed E-state index contributed by atoms with van der Waals surface area (Å²) in [5.74, 6) is -1.80. The van der Waals surface area contributed by atoms with Crippen molar-refractivity contribution in [3.63, 3.8) is 0 Å². The van der Waals surface area contributed by atoms with Gasteiger partial charge in [0, 0.05) is 18.0 Å². The monoisotopic (exact) mass is 498 g/mol. The summed E-state index contributed by atoms with van der Waals surface area (Å²) in [7, 11) is 0. The third-order valence-corrected chi connectivity index (χ3v) is 8.13. The second-order valence-electron chi connectivity index (χ2n) is 9.11. The first kappa shape index (κ1) is 23.4. The van der Waals surface area contributed by atoms with E-state index >= 15 is 4.39 Å². The predicted molar refractivity (Wildman–Crippen MR) is 126 cm³/mol. The molecule has 1 aromatic carbocycles. The lowest BCUT2D eigenvalue weighted by molar-refractivity contribution is -0.131. The lowest BCUT2D eigenvalue weighted by Gasteiger charge is -2.35. The van der Waals surface area contributed by atoms with Crippen LogP contribution in [-0.4, -0.2) is 50.0 Å². The van der Waals surface area contributed by atoms with Crippen molar-refractivity contribution in [2.75, 3.05) is 13.1 Å². The van der Waals surface area contributed by atoms with Gasteiger partial charge >= 0.3 is 0 Å². The average molecular weight is 499 g/mol. The topological polar surface area (TPSA) is 108 Å². The lowest BCUT2D eigenvalue weighted by Crippen LogP contribution is -2.45. The second kappa shape index (κ2) is 8.37. The SMILES string of the molecule is C[C@]1(c2cc(C=C(F)c3cnc(C#N)cn3)ccc2F)N=C(N)S[C@@]2(C(=O)N3CC[C@H](F)C3)C[C@H]21. The van der Waals surface area contributed by atoms with E-state index in [2.05, 4.69) is 15.0 Å². The third kappa shape index (κ3) is 3.95. The number of aliphatic imine (C=N–C) groups is 1. The molecule has 5 rings (SSSR count). The van der Waals surface area contributed by atoms with Gasteiger partial charge in [-0.25, -0.2) is 23.1 Å². The Hall–Kier alpha value is -3.39. The smallest absolute Gasteiger partial charge is 0.239 e. The minimum absolute atomic E-state index is 0.0494. The molecule has 2 aromatic rings. The first-order valence-electron chi connectivity index (χ1n) is 11.0. The maximum Gasteiger partial charge on any atom is 0.239 e. The molecule has 1 saturated heterocycles. The van der Waals surface area contributed by atoms with Crippen molar-refractivity contribution in [1.29, 1.82) is 5.26 Å². The van der Waals surface area contributed by atoms with E-state index in [9.17, 15) is 13.6 Å². The Morgan fingerprint density at radius 2 is 2.17 bits per heavy atom. The van der Waals surface area contributed by atoms with Gasteiger partial charge in [0.25, 0.3) is 0 Å². The maximum absolute atomic E-state index is 15.1. The van der Waals surface area contributed by atoms with Crippen LogP contribution in [0.15, 0.2) is 35.6 Å². The summed E-state index contributed by atoms with van der Waals surface area (Å²) < 4.78 is 42.7. The van der Waals surface area contributed by atoms with Crippen molar-refractivity contribution in [3.8, 4) is 6.07 Å². The third-order valence-electron chi connectivity index (χ3n) is 6.84. The van der Waals surface area contributed by atoms with Crippen LogP contribution in [0.1, 0.15) is 42.3 Å². The highest BCUT2D eigenvalue weighted by Crippen LogP contribution is 2.66. The molecule has 2 aliphatic heterocycles. The number of likely N-dealkylation sites (tertiary alicyclic amines) is 1. The number of hydrogen-bond acceptors (Lipinski definition) is 7. The summed E-state index contributed by atoms with van der Waals surface area (Å²) in [6.45, 7) is 2.11. The zero-order valence-electron chi connectivity index (χ0n) is 18.7. The number of amidine groups is 1. The van der Waals surface area contributed by atoms with Crippen LogP contribution < -0.4 is 5.73 Å². The van der Waals surface area contributed by atoms with Crippen LogP contribution in [-0.2, 0) is 10.3 Å². The molecular formula is C24H21F3N6OS. The van der Waals surface area contributed by atoms with Gasteiger partial charge in [-0.1, -0.05) is 17.8 Å². The molecule has 3 aliphatic rings. The number of carbonyl (C=O) groups is 1. The summed E-state index contributed by atoms with van der Waals surface area (Å²) in [5.41, 5.74) is 5.50. The Balaban J connectivity index is 1.47. The lowest BCUT2D eigenvalue weighted by atomic mass is 9.84. The summed E-state index contributed by atoms with van der Waals surface area (Å²) in [6.07, 6.45) is 3.17. The number of nitrogens with two attached hydrogens (primary N) is 1. The fourth-order valence-corrected chi connectivity index (χ4v) is 6.42. The van der Waals surface area contributed by atoms with Crippen molar-refractivity contribution in [3.05, 3.63) is 58.9 Å². The van der Waals surface area contributed by atoms with Crippen molar-refractivity contribution in [1.82, 2.24) is 14.9 Å². The van der Waals surface area contributed by atoms with Crippen LogP contribution in [0.25, 0.3) is 11.9 Å². The maximum atomic E-state index is 15.1. The number of amides is 1. The molecule has 2 N–H and O–H groups in total. The van der Waals surface area contributed by atoms with Gasteiger partial charge in [0.1, 0.15) is 28.5 Å². The van der Waals surface area contributed by atoms with Gasteiger partial charge < -0.3 is 10.6 Å². The van der Waals surface area contributed by atoms with Crippen molar-refractivity contribution >= 4 is 34.7 Å².